The lowest BCUT2D eigenvalue weighted by atomic mass is 9.99. The lowest BCUT2D eigenvalue weighted by Gasteiger charge is -2.43. The van der Waals surface area contributed by atoms with Crippen LogP contribution < -0.4 is 14.8 Å². The number of nitrogens with one attached hydrogen (secondary N) is 1. The number of nitrogens with zero attached hydrogens (tertiary/aromatic N) is 1. The zero-order valence-electron chi connectivity index (χ0n) is 12.7. The first-order chi connectivity index (χ1) is 9.05. The zero-order valence-corrected chi connectivity index (χ0v) is 13.5. The van der Waals surface area contributed by atoms with Crippen LogP contribution in [-0.2, 0) is 6.54 Å². The van der Waals surface area contributed by atoms with E-state index in [0.29, 0.717) is 0 Å². The van der Waals surface area contributed by atoms with Gasteiger partial charge in [0.1, 0.15) is 11.5 Å². The van der Waals surface area contributed by atoms with Crippen molar-refractivity contribution in [1.29, 1.82) is 0 Å². The van der Waals surface area contributed by atoms with Gasteiger partial charge in [-0.2, -0.15) is 0 Å². The van der Waals surface area contributed by atoms with E-state index in [9.17, 15) is 0 Å². The van der Waals surface area contributed by atoms with E-state index in [4.69, 9.17) is 9.47 Å². The van der Waals surface area contributed by atoms with Crippen LogP contribution in [0.15, 0.2) is 18.2 Å². The molecule has 0 unspecified atom stereocenters. The maximum Gasteiger partial charge on any atom is 0.122 e. The molecule has 0 bridgehead atoms. The minimum Gasteiger partial charge on any atom is -0.497 e. The molecule has 0 aliphatic carbocycles. The molecule has 1 N–H and O–H groups in total. The molecule has 114 valence electrons. The fourth-order valence-corrected chi connectivity index (χ4v) is 2.49. The molecule has 0 saturated carbocycles. The minimum atomic E-state index is 0. The van der Waals surface area contributed by atoms with Crippen molar-refractivity contribution in [2.24, 2.45) is 0 Å². The number of piperazine rings is 1. The van der Waals surface area contributed by atoms with Crippen LogP contribution in [-0.4, -0.2) is 44.3 Å². The van der Waals surface area contributed by atoms with Gasteiger partial charge in [0.15, 0.2) is 0 Å². The molecule has 0 atom stereocenters. The Kier molecular flexibility index (Phi) is 6.11. The second-order valence-corrected chi connectivity index (χ2v) is 5.63. The number of hydrogen-bond acceptors (Lipinski definition) is 4. The van der Waals surface area contributed by atoms with E-state index in [1.54, 1.807) is 14.2 Å². The van der Waals surface area contributed by atoms with Crippen LogP contribution in [0.2, 0.25) is 0 Å². The summed E-state index contributed by atoms with van der Waals surface area (Å²) >= 11 is 0. The molecular formula is C15H25ClN2O2. The largest absolute Gasteiger partial charge is 0.497 e. The SMILES string of the molecule is COc1cc(CN2CCNCC2(C)C)cc(OC)c1.Cl. The average Bonchev–Trinajstić information content (AvgIpc) is 2.40. The van der Waals surface area contributed by atoms with Crippen LogP contribution in [0, 0.1) is 0 Å². The molecule has 1 aromatic carbocycles. The molecule has 2 rings (SSSR count). The Bertz CT molecular complexity index is 416. The molecule has 1 aromatic rings. The Labute approximate surface area is 127 Å². The molecule has 5 heteroatoms. The van der Waals surface area contributed by atoms with Crippen LogP contribution in [0.1, 0.15) is 19.4 Å². The van der Waals surface area contributed by atoms with E-state index in [1.807, 2.05) is 6.07 Å². The molecule has 0 radical (unpaired) electrons. The van der Waals surface area contributed by atoms with Gasteiger partial charge >= 0.3 is 0 Å². The average molecular weight is 301 g/mol. The summed E-state index contributed by atoms with van der Waals surface area (Å²) in [6.07, 6.45) is 0. The van der Waals surface area contributed by atoms with Crippen LogP contribution in [0.4, 0.5) is 0 Å². The van der Waals surface area contributed by atoms with E-state index < -0.39 is 0 Å². The van der Waals surface area contributed by atoms with Gasteiger partial charge in [-0.3, -0.25) is 4.90 Å². The zero-order chi connectivity index (χ0) is 13.9. The van der Waals surface area contributed by atoms with Gasteiger partial charge in [-0.25, -0.2) is 0 Å². The topological polar surface area (TPSA) is 33.7 Å². The lowest BCUT2D eigenvalue weighted by molar-refractivity contribution is 0.0826. The van der Waals surface area contributed by atoms with Gasteiger partial charge in [-0.1, -0.05) is 0 Å². The van der Waals surface area contributed by atoms with Crippen LogP contribution in [0.3, 0.4) is 0 Å². The fraction of sp³-hybridized carbons (Fsp3) is 0.600. The number of hydrogen-bond donors (Lipinski definition) is 1. The van der Waals surface area contributed by atoms with E-state index >= 15 is 0 Å². The van der Waals surface area contributed by atoms with Gasteiger partial charge in [0.05, 0.1) is 14.2 Å². The molecule has 0 aromatic heterocycles. The first-order valence-corrected chi connectivity index (χ1v) is 6.73. The van der Waals surface area contributed by atoms with Crippen LogP contribution in [0.25, 0.3) is 0 Å². The number of halogens is 1. The summed E-state index contributed by atoms with van der Waals surface area (Å²) in [6.45, 7) is 8.60. The number of benzene rings is 1. The molecule has 1 aliphatic rings. The molecule has 0 spiro atoms. The third-order valence-corrected chi connectivity index (χ3v) is 3.76. The Morgan fingerprint density at radius 1 is 1.15 bits per heavy atom. The van der Waals surface area contributed by atoms with Gasteiger partial charge in [0, 0.05) is 37.8 Å². The molecule has 1 heterocycles. The van der Waals surface area contributed by atoms with Crippen molar-refractivity contribution < 1.29 is 9.47 Å². The molecule has 1 aliphatic heterocycles. The van der Waals surface area contributed by atoms with Crippen molar-refractivity contribution >= 4 is 12.4 Å². The number of rotatable bonds is 4. The number of methoxy groups -OCH3 is 2. The molecule has 1 saturated heterocycles. The summed E-state index contributed by atoms with van der Waals surface area (Å²) in [5.74, 6) is 1.70. The normalized spacial score (nSPS) is 18.2. The highest BCUT2D eigenvalue weighted by Gasteiger charge is 2.29. The van der Waals surface area contributed by atoms with Crippen molar-refractivity contribution in [3.8, 4) is 11.5 Å². The Morgan fingerprint density at radius 3 is 2.25 bits per heavy atom. The maximum atomic E-state index is 5.33. The lowest BCUT2D eigenvalue weighted by Crippen LogP contribution is -2.57. The first kappa shape index (κ1) is 17.1. The Balaban J connectivity index is 0.00000200. The summed E-state index contributed by atoms with van der Waals surface area (Å²) in [5.41, 5.74) is 1.40. The van der Waals surface area contributed by atoms with Crippen molar-refractivity contribution in [2.45, 2.75) is 25.9 Å². The molecule has 20 heavy (non-hydrogen) atoms. The molecule has 4 nitrogen and oxygen atoms in total. The summed E-state index contributed by atoms with van der Waals surface area (Å²) < 4.78 is 10.7. The maximum absolute atomic E-state index is 5.33. The van der Waals surface area contributed by atoms with E-state index in [2.05, 4.69) is 36.2 Å². The third-order valence-electron chi connectivity index (χ3n) is 3.76. The van der Waals surface area contributed by atoms with Crippen molar-refractivity contribution in [3.63, 3.8) is 0 Å². The van der Waals surface area contributed by atoms with E-state index in [1.165, 1.54) is 5.56 Å². The summed E-state index contributed by atoms with van der Waals surface area (Å²) in [7, 11) is 3.38. The van der Waals surface area contributed by atoms with Crippen molar-refractivity contribution in [2.75, 3.05) is 33.9 Å². The smallest absolute Gasteiger partial charge is 0.122 e. The van der Waals surface area contributed by atoms with Crippen LogP contribution in [0.5, 0.6) is 11.5 Å². The van der Waals surface area contributed by atoms with E-state index in [0.717, 1.165) is 37.7 Å². The van der Waals surface area contributed by atoms with Gasteiger partial charge < -0.3 is 14.8 Å². The van der Waals surface area contributed by atoms with Gasteiger partial charge in [-0.05, 0) is 31.5 Å². The highest BCUT2D eigenvalue weighted by atomic mass is 35.5. The van der Waals surface area contributed by atoms with Crippen molar-refractivity contribution in [3.05, 3.63) is 23.8 Å². The molecule has 0 amide bonds. The molecular weight excluding hydrogens is 276 g/mol. The predicted molar refractivity (Wildman–Crippen MR) is 84.2 cm³/mol. The monoisotopic (exact) mass is 300 g/mol. The summed E-state index contributed by atoms with van der Waals surface area (Å²) in [6, 6.07) is 6.08. The number of ether oxygens (including phenoxy) is 2. The van der Waals surface area contributed by atoms with Gasteiger partial charge in [0.25, 0.3) is 0 Å². The second kappa shape index (κ2) is 7.16. The van der Waals surface area contributed by atoms with Crippen molar-refractivity contribution in [1.82, 2.24) is 10.2 Å². The van der Waals surface area contributed by atoms with Gasteiger partial charge in [0.2, 0.25) is 0 Å². The first-order valence-electron chi connectivity index (χ1n) is 6.73. The third kappa shape index (κ3) is 4.01. The Morgan fingerprint density at radius 2 is 1.75 bits per heavy atom. The minimum absolute atomic E-state index is 0. The Hall–Kier alpha value is -0.970. The quantitative estimate of drug-likeness (QED) is 0.925. The fourth-order valence-electron chi connectivity index (χ4n) is 2.49. The second-order valence-electron chi connectivity index (χ2n) is 5.63. The van der Waals surface area contributed by atoms with Crippen LogP contribution >= 0.6 is 12.4 Å². The predicted octanol–water partition coefficient (Wildman–Crippen LogP) is 2.31. The standard InChI is InChI=1S/C15H24N2O2.ClH/c1-15(2)11-16-5-6-17(15)10-12-7-13(18-3)9-14(8-12)19-4;/h7-9,16H,5-6,10-11H2,1-4H3;1H. The molecule has 1 fully saturated rings. The highest BCUT2D eigenvalue weighted by molar-refractivity contribution is 5.85. The van der Waals surface area contributed by atoms with Gasteiger partial charge in [-0.15, -0.1) is 12.4 Å². The summed E-state index contributed by atoms with van der Waals surface area (Å²) in [4.78, 5) is 2.50. The van der Waals surface area contributed by atoms with E-state index in [-0.39, 0.29) is 17.9 Å². The highest BCUT2D eigenvalue weighted by Crippen LogP contribution is 2.26. The summed E-state index contributed by atoms with van der Waals surface area (Å²) in [5, 5.41) is 3.44.